The van der Waals surface area contributed by atoms with Gasteiger partial charge in [-0.05, 0) is 31.0 Å². The molecule has 1 aromatic heterocycles. The molecule has 0 aliphatic carbocycles. The summed E-state index contributed by atoms with van der Waals surface area (Å²) >= 11 is 0. The second kappa shape index (κ2) is 6.13. The van der Waals surface area contributed by atoms with E-state index in [2.05, 4.69) is 9.72 Å². The summed E-state index contributed by atoms with van der Waals surface area (Å²) in [5, 5.41) is 0. The first kappa shape index (κ1) is 13.3. The minimum atomic E-state index is -0.391. The Morgan fingerprint density at radius 2 is 2.26 bits per heavy atom. The van der Waals surface area contributed by atoms with Gasteiger partial charge in [-0.3, -0.25) is 0 Å². The number of esters is 1. The first-order valence-corrected chi connectivity index (χ1v) is 6.16. The molecule has 5 heteroatoms. The summed E-state index contributed by atoms with van der Waals surface area (Å²) < 4.78 is 10.2. The van der Waals surface area contributed by atoms with Crippen LogP contribution in [0.15, 0.2) is 22.6 Å². The maximum atomic E-state index is 11.4. The van der Waals surface area contributed by atoms with Crippen molar-refractivity contribution in [1.82, 2.24) is 4.98 Å². The summed E-state index contributed by atoms with van der Waals surface area (Å²) in [4.78, 5) is 25.9. The molecule has 0 saturated heterocycles. The zero-order valence-electron chi connectivity index (χ0n) is 10.7. The first-order chi connectivity index (χ1) is 9.24. The molecule has 100 valence electrons. The third kappa shape index (κ3) is 3.19. The molecular weight excluding hydrogens is 246 g/mol. The summed E-state index contributed by atoms with van der Waals surface area (Å²) in [6.07, 6.45) is 3.85. The molecule has 5 nitrogen and oxygen atoms in total. The molecule has 0 radical (unpaired) electrons. The fourth-order valence-electron chi connectivity index (χ4n) is 1.83. The van der Waals surface area contributed by atoms with Crippen molar-refractivity contribution in [2.45, 2.75) is 25.7 Å². The van der Waals surface area contributed by atoms with Gasteiger partial charge in [0, 0.05) is 12.8 Å². The fraction of sp³-hybridized carbons (Fsp3) is 0.357. The molecule has 0 aliphatic rings. The van der Waals surface area contributed by atoms with E-state index in [1.807, 2.05) is 0 Å². The Hall–Kier alpha value is -2.17. The van der Waals surface area contributed by atoms with Crippen molar-refractivity contribution in [3.8, 4) is 0 Å². The Balaban J connectivity index is 2.11. The number of aromatic nitrogens is 1. The minimum Gasteiger partial charge on any atom is -0.465 e. The normalized spacial score (nSPS) is 10.6. The number of ether oxygens (including phenoxy) is 1. The third-order valence-electron chi connectivity index (χ3n) is 2.82. The van der Waals surface area contributed by atoms with E-state index in [0.717, 1.165) is 19.1 Å². The highest BCUT2D eigenvalue weighted by molar-refractivity contribution is 5.93. The number of oxazole rings is 1. The highest BCUT2D eigenvalue weighted by atomic mass is 16.5. The lowest BCUT2D eigenvalue weighted by Gasteiger charge is -1.96. The molecular formula is C14H15NO4. The molecule has 0 spiro atoms. The van der Waals surface area contributed by atoms with Crippen LogP contribution in [0.3, 0.4) is 0 Å². The second-order valence-corrected chi connectivity index (χ2v) is 4.19. The summed E-state index contributed by atoms with van der Waals surface area (Å²) in [5.41, 5.74) is 1.75. The average molecular weight is 261 g/mol. The van der Waals surface area contributed by atoms with Gasteiger partial charge in [0.25, 0.3) is 0 Å². The summed E-state index contributed by atoms with van der Waals surface area (Å²) in [6, 6.07) is 5.01. The summed E-state index contributed by atoms with van der Waals surface area (Å²) in [7, 11) is 1.34. The molecule has 0 amide bonds. The molecule has 19 heavy (non-hydrogen) atoms. The van der Waals surface area contributed by atoms with Crippen molar-refractivity contribution < 1.29 is 18.7 Å². The standard InChI is InChI=1S/C14H15NO4/c1-18-14(17)10-6-7-12-11(9-10)15-13(19-12)5-3-2-4-8-16/h6-9H,2-5H2,1H3. The number of hydrogen-bond donors (Lipinski definition) is 0. The number of fused-ring (bicyclic) bond motifs is 1. The average Bonchev–Trinajstić information content (AvgIpc) is 2.84. The minimum absolute atomic E-state index is 0.391. The van der Waals surface area contributed by atoms with Crippen LogP contribution in [0.2, 0.25) is 0 Å². The van der Waals surface area contributed by atoms with E-state index in [1.54, 1.807) is 18.2 Å². The third-order valence-corrected chi connectivity index (χ3v) is 2.82. The van der Waals surface area contributed by atoms with Crippen molar-refractivity contribution in [2.75, 3.05) is 7.11 Å². The predicted octanol–water partition coefficient (Wildman–Crippen LogP) is 2.53. The number of carbonyl (C=O) groups excluding carboxylic acids is 2. The lowest BCUT2D eigenvalue weighted by atomic mass is 10.2. The molecule has 1 aromatic carbocycles. The van der Waals surface area contributed by atoms with Crippen LogP contribution in [-0.4, -0.2) is 24.3 Å². The lowest BCUT2D eigenvalue weighted by Crippen LogP contribution is -2.00. The Labute approximate surface area is 110 Å². The molecule has 0 N–H and O–H groups in total. The topological polar surface area (TPSA) is 69.4 Å². The van der Waals surface area contributed by atoms with Gasteiger partial charge in [-0.25, -0.2) is 9.78 Å². The largest absolute Gasteiger partial charge is 0.465 e. The van der Waals surface area contributed by atoms with Crippen LogP contribution in [-0.2, 0) is 16.0 Å². The van der Waals surface area contributed by atoms with Crippen molar-refractivity contribution in [3.05, 3.63) is 29.7 Å². The molecule has 1 heterocycles. The smallest absolute Gasteiger partial charge is 0.337 e. The van der Waals surface area contributed by atoms with Crippen molar-refractivity contribution in [1.29, 1.82) is 0 Å². The van der Waals surface area contributed by atoms with Crippen LogP contribution in [0.25, 0.3) is 11.1 Å². The molecule has 0 unspecified atom stereocenters. The number of aldehydes is 1. The quantitative estimate of drug-likeness (QED) is 0.454. The van der Waals surface area contributed by atoms with Gasteiger partial charge in [-0.15, -0.1) is 0 Å². The van der Waals surface area contributed by atoms with E-state index in [9.17, 15) is 9.59 Å². The van der Waals surface area contributed by atoms with Crippen LogP contribution >= 0.6 is 0 Å². The number of unbranched alkanes of at least 4 members (excludes halogenated alkanes) is 2. The number of hydrogen-bond acceptors (Lipinski definition) is 5. The van der Waals surface area contributed by atoms with Gasteiger partial charge >= 0.3 is 5.97 Å². The Morgan fingerprint density at radius 1 is 1.42 bits per heavy atom. The molecule has 0 atom stereocenters. The van der Waals surface area contributed by atoms with Gasteiger partial charge < -0.3 is 13.9 Å². The summed E-state index contributed by atoms with van der Waals surface area (Å²) in [6.45, 7) is 0. The van der Waals surface area contributed by atoms with E-state index in [0.29, 0.717) is 35.4 Å². The number of benzene rings is 1. The van der Waals surface area contributed by atoms with Crippen LogP contribution in [0.4, 0.5) is 0 Å². The fourth-order valence-corrected chi connectivity index (χ4v) is 1.83. The monoisotopic (exact) mass is 261 g/mol. The number of methoxy groups -OCH3 is 1. The van der Waals surface area contributed by atoms with Crippen LogP contribution < -0.4 is 0 Å². The lowest BCUT2D eigenvalue weighted by molar-refractivity contribution is -0.107. The predicted molar refractivity (Wildman–Crippen MR) is 69.0 cm³/mol. The van der Waals surface area contributed by atoms with Crippen molar-refractivity contribution in [2.24, 2.45) is 0 Å². The van der Waals surface area contributed by atoms with Gasteiger partial charge in [0.05, 0.1) is 12.7 Å². The van der Waals surface area contributed by atoms with Crippen LogP contribution in [0.1, 0.15) is 35.5 Å². The van der Waals surface area contributed by atoms with Crippen molar-refractivity contribution in [3.63, 3.8) is 0 Å². The molecule has 0 saturated carbocycles. The molecule has 0 fully saturated rings. The number of carbonyl (C=O) groups is 2. The van der Waals surface area contributed by atoms with Gasteiger partial charge in [0.2, 0.25) is 0 Å². The highest BCUT2D eigenvalue weighted by Gasteiger charge is 2.10. The Morgan fingerprint density at radius 3 is 3.00 bits per heavy atom. The number of rotatable bonds is 6. The zero-order valence-corrected chi connectivity index (χ0v) is 10.7. The van der Waals surface area contributed by atoms with E-state index in [1.165, 1.54) is 7.11 Å². The maximum Gasteiger partial charge on any atom is 0.337 e. The molecule has 2 rings (SSSR count). The molecule has 2 aromatic rings. The van der Waals surface area contributed by atoms with E-state index >= 15 is 0 Å². The number of aryl methyl sites for hydroxylation is 1. The van der Waals surface area contributed by atoms with Gasteiger partial charge in [-0.1, -0.05) is 0 Å². The van der Waals surface area contributed by atoms with Gasteiger partial charge in [0.15, 0.2) is 11.5 Å². The Kier molecular flexibility index (Phi) is 4.28. The molecule has 0 bridgehead atoms. The van der Waals surface area contributed by atoms with E-state index < -0.39 is 5.97 Å². The molecule has 0 aliphatic heterocycles. The number of nitrogens with zero attached hydrogens (tertiary/aromatic N) is 1. The SMILES string of the molecule is COC(=O)c1ccc2oc(CCCCC=O)nc2c1. The van der Waals surface area contributed by atoms with Gasteiger partial charge in [0.1, 0.15) is 11.8 Å². The second-order valence-electron chi connectivity index (χ2n) is 4.19. The Bertz CT molecular complexity index is 588. The van der Waals surface area contributed by atoms with Gasteiger partial charge in [-0.2, -0.15) is 0 Å². The maximum absolute atomic E-state index is 11.4. The van der Waals surface area contributed by atoms with E-state index in [-0.39, 0.29) is 0 Å². The summed E-state index contributed by atoms with van der Waals surface area (Å²) in [5.74, 6) is 0.236. The highest BCUT2D eigenvalue weighted by Crippen LogP contribution is 2.19. The van der Waals surface area contributed by atoms with Crippen LogP contribution in [0, 0.1) is 0 Å². The van der Waals surface area contributed by atoms with Crippen LogP contribution in [0.5, 0.6) is 0 Å². The zero-order chi connectivity index (χ0) is 13.7. The van der Waals surface area contributed by atoms with E-state index in [4.69, 9.17) is 4.42 Å². The van der Waals surface area contributed by atoms with Crippen molar-refractivity contribution >= 4 is 23.4 Å². The first-order valence-electron chi connectivity index (χ1n) is 6.16.